The lowest BCUT2D eigenvalue weighted by Gasteiger charge is -2.21. The Morgan fingerprint density at radius 3 is 2.63 bits per heavy atom. The number of benzene rings is 2. The van der Waals surface area contributed by atoms with Crippen LogP contribution in [-0.2, 0) is 0 Å². The minimum Gasteiger partial charge on any atom is -0.493 e. The monoisotopic (exact) mass is 468 g/mol. The van der Waals surface area contributed by atoms with Crippen molar-refractivity contribution < 1.29 is 18.7 Å². The van der Waals surface area contributed by atoms with Crippen molar-refractivity contribution in [1.29, 1.82) is 0 Å². The van der Waals surface area contributed by atoms with Gasteiger partial charge in [0.15, 0.2) is 21.9 Å². The lowest BCUT2D eigenvalue weighted by molar-refractivity contribution is 0.0923. The van der Waals surface area contributed by atoms with E-state index < -0.39 is 0 Å². The van der Waals surface area contributed by atoms with Crippen LogP contribution < -0.4 is 14.8 Å². The number of methoxy groups -OCH3 is 2. The molecule has 1 unspecified atom stereocenters. The van der Waals surface area contributed by atoms with E-state index in [1.54, 1.807) is 26.4 Å². The van der Waals surface area contributed by atoms with Crippen LogP contribution in [0.15, 0.2) is 69.9 Å². The molecule has 6 nitrogen and oxygen atoms in total. The number of rotatable bonds is 7. The highest BCUT2D eigenvalue weighted by Crippen LogP contribution is 2.40. The number of H-pyrrole nitrogens is 1. The van der Waals surface area contributed by atoms with E-state index in [1.165, 1.54) is 0 Å². The number of furan rings is 1. The molecule has 30 heavy (non-hydrogen) atoms. The van der Waals surface area contributed by atoms with Crippen LogP contribution in [0.2, 0.25) is 0 Å². The second-order valence-electron chi connectivity index (χ2n) is 6.74. The number of carbonyl (C=O) groups is 1. The van der Waals surface area contributed by atoms with Crippen molar-refractivity contribution in [1.82, 2.24) is 10.3 Å². The fourth-order valence-corrected chi connectivity index (χ4v) is 3.98. The first kappa shape index (κ1) is 20.1. The third-order valence-corrected chi connectivity index (χ3v) is 5.50. The van der Waals surface area contributed by atoms with Gasteiger partial charge in [0, 0.05) is 35.1 Å². The molecule has 4 aromatic rings. The number of hydrogen-bond acceptors (Lipinski definition) is 4. The average Bonchev–Trinajstić information content (AvgIpc) is 3.40. The van der Waals surface area contributed by atoms with Crippen LogP contribution >= 0.6 is 15.9 Å². The Hall–Kier alpha value is -3.19. The molecule has 2 N–H and O–H groups in total. The van der Waals surface area contributed by atoms with Gasteiger partial charge in [-0.25, -0.2) is 0 Å². The molecule has 1 atom stereocenters. The van der Waals surface area contributed by atoms with E-state index in [2.05, 4.69) is 32.3 Å². The zero-order valence-electron chi connectivity index (χ0n) is 16.6. The smallest absolute Gasteiger partial charge is 0.287 e. The zero-order chi connectivity index (χ0) is 21.1. The largest absolute Gasteiger partial charge is 0.493 e. The fraction of sp³-hybridized carbons (Fsp3) is 0.174. The summed E-state index contributed by atoms with van der Waals surface area (Å²) in [7, 11) is 3.23. The standard InChI is InChI=1S/C23H21BrN2O4/c1-28-19-9-5-7-15(22(19)29-2)17(13-26-23(27)20-10-11-21(24)30-20)16-12-25-18-8-4-3-6-14(16)18/h3-12,17,25H,13H2,1-2H3,(H,26,27). The minimum absolute atomic E-state index is 0.173. The molecule has 0 saturated heterocycles. The van der Waals surface area contributed by atoms with E-state index in [1.807, 2.05) is 42.6 Å². The second-order valence-corrected chi connectivity index (χ2v) is 7.52. The van der Waals surface area contributed by atoms with Gasteiger partial charge in [-0.15, -0.1) is 0 Å². The lowest BCUT2D eigenvalue weighted by Crippen LogP contribution is -2.28. The van der Waals surface area contributed by atoms with E-state index >= 15 is 0 Å². The van der Waals surface area contributed by atoms with Crippen molar-refractivity contribution in [3.8, 4) is 11.5 Å². The van der Waals surface area contributed by atoms with Crippen molar-refractivity contribution in [3.05, 3.63) is 82.4 Å². The first-order valence-electron chi connectivity index (χ1n) is 9.42. The second kappa shape index (κ2) is 8.67. The Balaban J connectivity index is 1.75. The Morgan fingerprint density at radius 2 is 1.90 bits per heavy atom. The maximum atomic E-state index is 12.6. The number of hydrogen-bond donors (Lipinski definition) is 2. The number of ether oxygens (including phenoxy) is 2. The van der Waals surface area contributed by atoms with Crippen LogP contribution in [0.3, 0.4) is 0 Å². The first-order valence-corrected chi connectivity index (χ1v) is 10.2. The molecular formula is C23H21BrN2O4. The van der Waals surface area contributed by atoms with Gasteiger partial charge >= 0.3 is 0 Å². The van der Waals surface area contributed by atoms with Crippen molar-refractivity contribution in [3.63, 3.8) is 0 Å². The van der Waals surface area contributed by atoms with Crippen LogP contribution in [0.1, 0.15) is 27.6 Å². The summed E-state index contributed by atoms with van der Waals surface area (Å²) in [4.78, 5) is 15.9. The molecule has 7 heteroatoms. The maximum Gasteiger partial charge on any atom is 0.287 e. The number of fused-ring (bicyclic) bond motifs is 1. The van der Waals surface area contributed by atoms with E-state index in [0.717, 1.165) is 22.0 Å². The van der Waals surface area contributed by atoms with Gasteiger partial charge in [-0.1, -0.05) is 30.3 Å². The number of amides is 1. The molecule has 0 aliphatic rings. The number of carbonyl (C=O) groups excluding carboxylic acids is 1. The summed E-state index contributed by atoms with van der Waals surface area (Å²) in [6.07, 6.45) is 1.98. The molecular weight excluding hydrogens is 448 g/mol. The van der Waals surface area contributed by atoms with Crippen molar-refractivity contribution in [2.45, 2.75) is 5.92 Å². The van der Waals surface area contributed by atoms with Crippen molar-refractivity contribution in [2.75, 3.05) is 20.8 Å². The maximum absolute atomic E-state index is 12.6. The molecule has 154 valence electrons. The Kier molecular flexibility index (Phi) is 5.81. The quantitative estimate of drug-likeness (QED) is 0.395. The molecule has 0 bridgehead atoms. The molecule has 4 rings (SSSR count). The topological polar surface area (TPSA) is 76.5 Å². The van der Waals surface area contributed by atoms with E-state index in [0.29, 0.717) is 22.7 Å². The van der Waals surface area contributed by atoms with Crippen LogP contribution in [-0.4, -0.2) is 31.7 Å². The summed E-state index contributed by atoms with van der Waals surface area (Å²) in [5.74, 6) is 1.07. The normalized spacial score (nSPS) is 12.0. The number of nitrogens with one attached hydrogen (secondary N) is 2. The SMILES string of the molecule is COc1cccc(C(CNC(=O)c2ccc(Br)o2)c2c[nH]c3ccccc23)c1OC. The third-order valence-electron chi connectivity index (χ3n) is 5.07. The average molecular weight is 469 g/mol. The summed E-state index contributed by atoms with van der Waals surface area (Å²) in [5, 5.41) is 4.07. The van der Waals surface area contributed by atoms with Gasteiger partial charge in [-0.3, -0.25) is 4.79 Å². The fourth-order valence-electron chi connectivity index (χ4n) is 3.67. The van der Waals surface area contributed by atoms with Crippen LogP contribution in [0.25, 0.3) is 10.9 Å². The molecule has 0 saturated carbocycles. The first-order chi connectivity index (χ1) is 14.6. The molecule has 0 fully saturated rings. The van der Waals surface area contributed by atoms with Gasteiger partial charge in [0.25, 0.3) is 5.91 Å². The highest BCUT2D eigenvalue weighted by atomic mass is 79.9. The predicted molar refractivity (Wildman–Crippen MR) is 118 cm³/mol. The molecule has 0 radical (unpaired) electrons. The van der Waals surface area contributed by atoms with E-state index in [4.69, 9.17) is 13.9 Å². The van der Waals surface area contributed by atoms with Crippen LogP contribution in [0, 0.1) is 0 Å². The summed E-state index contributed by atoms with van der Waals surface area (Å²) < 4.78 is 17.1. The third kappa shape index (κ3) is 3.80. The van der Waals surface area contributed by atoms with E-state index in [-0.39, 0.29) is 17.6 Å². The Morgan fingerprint density at radius 1 is 1.07 bits per heavy atom. The van der Waals surface area contributed by atoms with Gasteiger partial charge in [0.1, 0.15) is 0 Å². The van der Waals surface area contributed by atoms with Crippen molar-refractivity contribution in [2.24, 2.45) is 0 Å². The highest BCUT2D eigenvalue weighted by Gasteiger charge is 2.24. The van der Waals surface area contributed by atoms with Crippen molar-refractivity contribution >= 4 is 32.7 Å². The molecule has 1 amide bonds. The Bertz CT molecular complexity index is 1180. The van der Waals surface area contributed by atoms with E-state index in [9.17, 15) is 4.79 Å². The molecule has 0 aliphatic heterocycles. The van der Waals surface area contributed by atoms with Crippen LogP contribution in [0.4, 0.5) is 0 Å². The molecule has 2 heterocycles. The number of halogens is 1. The van der Waals surface area contributed by atoms with Gasteiger partial charge < -0.3 is 24.2 Å². The summed E-state index contributed by atoms with van der Waals surface area (Å²) in [5.41, 5.74) is 3.00. The highest BCUT2D eigenvalue weighted by molar-refractivity contribution is 9.10. The number of aromatic nitrogens is 1. The van der Waals surface area contributed by atoms with Gasteiger partial charge in [-0.2, -0.15) is 0 Å². The molecule has 0 aliphatic carbocycles. The van der Waals surface area contributed by atoms with Gasteiger partial charge in [0.2, 0.25) is 0 Å². The van der Waals surface area contributed by atoms with Gasteiger partial charge in [-0.05, 0) is 45.8 Å². The molecule has 0 spiro atoms. The summed E-state index contributed by atoms with van der Waals surface area (Å²) in [6, 6.07) is 17.2. The van der Waals surface area contributed by atoms with Gasteiger partial charge in [0.05, 0.1) is 14.2 Å². The Labute approximate surface area is 182 Å². The molecule has 2 aromatic heterocycles. The summed E-state index contributed by atoms with van der Waals surface area (Å²) in [6.45, 7) is 0.350. The van der Waals surface area contributed by atoms with Crippen LogP contribution in [0.5, 0.6) is 11.5 Å². The minimum atomic E-state index is -0.285. The predicted octanol–water partition coefficient (Wildman–Crippen LogP) is 5.10. The molecule has 2 aromatic carbocycles. The lowest BCUT2D eigenvalue weighted by atomic mass is 9.89. The number of aromatic amines is 1. The zero-order valence-corrected chi connectivity index (χ0v) is 18.2. The summed E-state index contributed by atoms with van der Waals surface area (Å²) >= 11 is 3.23. The number of para-hydroxylation sites is 2.